The van der Waals surface area contributed by atoms with E-state index in [0.29, 0.717) is 41.3 Å². The number of hydrogen-bond acceptors (Lipinski definition) is 3. The molecular formula is C28H41F3O3S. The van der Waals surface area contributed by atoms with Crippen LogP contribution in [0.2, 0.25) is 0 Å². The van der Waals surface area contributed by atoms with Crippen molar-refractivity contribution in [3.63, 3.8) is 0 Å². The third-order valence-electron chi connectivity index (χ3n) is 10.7. The average Bonchev–Trinajstić information content (AvgIpc) is 3.24. The van der Waals surface area contributed by atoms with E-state index in [1.54, 1.807) is 6.08 Å². The van der Waals surface area contributed by atoms with Gasteiger partial charge in [0.2, 0.25) is 0 Å². The molecule has 0 aromatic rings. The third kappa shape index (κ3) is 4.68. The maximum atomic E-state index is 12.7. The van der Waals surface area contributed by atoms with Crippen LogP contribution >= 0.6 is 12.0 Å². The highest BCUT2D eigenvalue weighted by Crippen LogP contribution is 2.67. The zero-order valence-corrected chi connectivity index (χ0v) is 22.1. The van der Waals surface area contributed by atoms with E-state index in [1.807, 2.05) is 19.9 Å². The van der Waals surface area contributed by atoms with E-state index in [9.17, 15) is 23.1 Å². The van der Waals surface area contributed by atoms with Gasteiger partial charge >= 0.3 is 11.5 Å². The molecule has 198 valence electrons. The summed E-state index contributed by atoms with van der Waals surface area (Å²) in [6.45, 7) is 9.66. The maximum absolute atomic E-state index is 12.7. The number of aliphatic carboxylic acids is 1. The van der Waals surface area contributed by atoms with Crippen LogP contribution in [0.1, 0.15) is 85.0 Å². The number of fused-ring (bicyclic) bond motifs is 7. The standard InChI is InChI=1S/C25H35F3O3S.C3H6/c1-14-18-7-5-16-15-9-13-24(22(29)30)11-3-4-20(24)17(15)6-8-19(16)23(18,2)12-10-21(14)31-32-25(26,27)28;1-3-2/h10,14-20H,3-9,11-13H2,1-2H3,(H,29,30);3H,1H2,2H3. The summed E-state index contributed by atoms with van der Waals surface area (Å²) < 4.78 is 43.2. The second kappa shape index (κ2) is 9.98. The maximum Gasteiger partial charge on any atom is 0.479 e. The zero-order chi connectivity index (χ0) is 25.6. The molecule has 9 unspecified atom stereocenters. The number of halogens is 3. The summed E-state index contributed by atoms with van der Waals surface area (Å²) in [5.74, 6) is 3.01. The number of alkyl halides is 3. The van der Waals surface area contributed by atoms with Crippen LogP contribution in [-0.4, -0.2) is 16.6 Å². The molecule has 5 rings (SSSR count). The molecule has 5 aliphatic rings. The Labute approximate surface area is 212 Å². The molecule has 5 aliphatic carbocycles. The Bertz CT molecular complexity index is 842. The Hall–Kier alpha value is -1.11. The highest BCUT2D eigenvalue weighted by molar-refractivity contribution is 7.95. The van der Waals surface area contributed by atoms with E-state index in [4.69, 9.17) is 4.18 Å². The molecule has 3 nitrogen and oxygen atoms in total. The number of allylic oxidation sites excluding steroid dienone is 3. The monoisotopic (exact) mass is 514 g/mol. The van der Waals surface area contributed by atoms with E-state index in [2.05, 4.69) is 13.5 Å². The van der Waals surface area contributed by atoms with Crippen molar-refractivity contribution in [1.29, 1.82) is 0 Å². The van der Waals surface area contributed by atoms with Crippen LogP contribution in [-0.2, 0) is 8.98 Å². The molecule has 0 amide bonds. The van der Waals surface area contributed by atoms with Crippen LogP contribution in [0.15, 0.2) is 24.5 Å². The molecule has 0 spiro atoms. The Morgan fingerprint density at radius 1 is 1.09 bits per heavy atom. The van der Waals surface area contributed by atoms with E-state index in [0.717, 1.165) is 64.2 Å². The molecule has 1 N–H and O–H groups in total. The first-order valence-electron chi connectivity index (χ1n) is 13.4. The summed E-state index contributed by atoms with van der Waals surface area (Å²) in [7, 11) is 0. The van der Waals surface area contributed by atoms with Crippen LogP contribution < -0.4 is 0 Å². The van der Waals surface area contributed by atoms with Crippen LogP contribution in [0.5, 0.6) is 0 Å². The molecule has 7 heteroatoms. The zero-order valence-electron chi connectivity index (χ0n) is 21.3. The molecule has 0 aliphatic heterocycles. The lowest BCUT2D eigenvalue weighted by atomic mass is 9.43. The fourth-order valence-electron chi connectivity index (χ4n) is 9.42. The molecule has 0 bridgehead atoms. The molecule has 0 aromatic heterocycles. The van der Waals surface area contributed by atoms with Crippen LogP contribution in [0.25, 0.3) is 0 Å². The number of carbonyl (C=O) groups is 1. The number of carboxylic acid groups (broad SMARTS) is 1. The molecule has 4 fully saturated rings. The average molecular weight is 515 g/mol. The summed E-state index contributed by atoms with van der Waals surface area (Å²) in [5.41, 5.74) is -4.76. The van der Waals surface area contributed by atoms with Gasteiger partial charge in [0.15, 0.2) is 12.0 Å². The van der Waals surface area contributed by atoms with Gasteiger partial charge in [0.05, 0.1) is 5.41 Å². The Morgan fingerprint density at radius 3 is 2.34 bits per heavy atom. The van der Waals surface area contributed by atoms with E-state index in [1.165, 1.54) is 0 Å². The molecule has 4 saturated carbocycles. The topological polar surface area (TPSA) is 46.5 Å². The lowest BCUT2D eigenvalue weighted by molar-refractivity contribution is -0.165. The van der Waals surface area contributed by atoms with E-state index < -0.39 is 16.9 Å². The summed E-state index contributed by atoms with van der Waals surface area (Å²) in [5, 5.41) is 10.1. The predicted octanol–water partition coefficient (Wildman–Crippen LogP) is 8.63. The van der Waals surface area contributed by atoms with Crippen molar-refractivity contribution in [2.75, 3.05) is 0 Å². The van der Waals surface area contributed by atoms with Crippen molar-refractivity contribution in [3.05, 3.63) is 24.5 Å². The van der Waals surface area contributed by atoms with Gasteiger partial charge in [-0.05, 0) is 112 Å². The molecular weight excluding hydrogens is 473 g/mol. The van der Waals surface area contributed by atoms with E-state index in [-0.39, 0.29) is 23.4 Å². The lowest BCUT2D eigenvalue weighted by Gasteiger charge is -2.62. The van der Waals surface area contributed by atoms with Gasteiger partial charge < -0.3 is 9.29 Å². The summed E-state index contributed by atoms with van der Waals surface area (Å²) in [6, 6.07) is 0. The van der Waals surface area contributed by atoms with Crippen molar-refractivity contribution < 1.29 is 27.3 Å². The fourth-order valence-corrected chi connectivity index (χ4v) is 9.83. The van der Waals surface area contributed by atoms with Crippen molar-refractivity contribution in [2.24, 2.45) is 52.3 Å². The van der Waals surface area contributed by atoms with Crippen molar-refractivity contribution >= 4 is 18.0 Å². The van der Waals surface area contributed by atoms with Gasteiger partial charge in [-0.1, -0.05) is 26.3 Å². The van der Waals surface area contributed by atoms with Gasteiger partial charge in [0.25, 0.3) is 0 Å². The van der Waals surface area contributed by atoms with Crippen molar-refractivity contribution in [2.45, 2.75) is 90.5 Å². The minimum atomic E-state index is -4.39. The molecule has 9 atom stereocenters. The molecule has 0 saturated heterocycles. The third-order valence-corrected chi connectivity index (χ3v) is 11.1. The Morgan fingerprint density at radius 2 is 1.71 bits per heavy atom. The minimum absolute atomic E-state index is 0.00289. The van der Waals surface area contributed by atoms with Crippen molar-refractivity contribution in [1.82, 2.24) is 0 Å². The van der Waals surface area contributed by atoms with Crippen LogP contribution in [0.3, 0.4) is 0 Å². The molecule has 0 radical (unpaired) electrons. The first-order valence-corrected chi connectivity index (χ1v) is 14.2. The van der Waals surface area contributed by atoms with Gasteiger partial charge in [0.1, 0.15) is 5.76 Å². The van der Waals surface area contributed by atoms with Gasteiger partial charge in [0, 0.05) is 5.92 Å². The van der Waals surface area contributed by atoms with E-state index >= 15 is 0 Å². The van der Waals surface area contributed by atoms with Crippen LogP contribution in [0, 0.1) is 52.3 Å². The van der Waals surface area contributed by atoms with Crippen LogP contribution in [0.4, 0.5) is 13.2 Å². The molecule has 35 heavy (non-hydrogen) atoms. The molecule has 0 heterocycles. The smallest absolute Gasteiger partial charge is 0.479 e. The summed E-state index contributed by atoms with van der Waals surface area (Å²) in [6.07, 6.45) is 13.7. The summed E-state index contributed by atoms with van der Waals surface area (Å²) >= 11 is -0.386. The highest BCUT2D eigenvalue weighted by Gasteiger charge is 2.62. The number of rotatable bonds is 3. The van der Waals surface area contributed by atoms with Gasteiger partial charge in [-0.3, -0.25) is 4.79 Å². The predicted molar refractivity (Wildman–Crippen MR) is 133 cm³/mol. The highest BCUT2D eigenvalue weighted by atomic mass is 32.2. The molecule has 0 aromatic carbocycles. The second-order valence-electron chi connectivity index (χ2n) is 12.0. The fraction of sp³-hybridized carbons (Fsp3) is 0.821. The quantitative estimate of drug-likeness (QED) is 0.302. The van der Waals surface area contributed by atoms with Gasteiger partial charge in [-0.25, -0.2) is 0 Å². The van der Waals surface area contributed by atoms with Gasteiger partial charge in [-0.15, -0.1) is 6.58 Å². The number of carboxylic acids is 1. The summed E-state index contributed by atoms with van der Waals surface area (Å²) in [4.78, 5) is 12.2. The SMILES string of the molecule is C=CC.CC1C(OSC(F)(F)F)=CCC2(C)C1CCC1C3CCC4(C(=O)O)CCCC4C3CCC12. The lowest BCUT2D eigenvalue weighted by Crippen LogP contribution is -2.56. The number of hydrogen-bond donors (Lipinski definition) is 1. The Kier molecular flexibility index (Phi) is 7.68. The first kappa shape index (κ1) is 26.9. The largest absolute Gasteiger partial charge is 0.481 e. The van der Waals surface area contributed by atoms with Gasteiger partial charge in [-0.2, -0.15) is 13.2 Å². The Balaban J connectivity index is 0.000000917. The first-order chi connectivity index (χ1) is 16.5. The van der Waals surface area contributed by atoms with Crippen molar-refractivity contribution in [3.8, 4) is 0 Å². The second-order valence-corrected chi connectivity index (χ2v) is 12.8. The minimum Gasteiger partial charge on any atom is -0.481 e. The normalized spacial score (nSPS) is 44.3.